The summed E-state index contributed by atoms with van der Waals surface area (Å²) in [6, 6.07) is 2.68. The van der Waals surface area contributed by atoms with Gasteiger partial charge in [-0.05, 0) is 51.6 Å². The largest absolute Gasteiger partial charge is 0.309 e. The molecule has 3 rings (SSSR count). The molecule has 2 heterocycles. The van der Waals surface area contributed by atoms with Crippen molar-refractivity contribution in [1.29, 1.82) is 0 Å². The van der Waals surface area contributed by atoms with Crippen LogP contribution in [-0.4, -0.2) is 39.7 Å². The number of nitrogens with one attached hydrogen (secondary N) is 1. The van der Waals surface area contributed by atoms with Crippen molar-refractivity contribution in [3.63, 3.8) is 0 Å². The van der Waals surface area contributed by atoms with Crippen LogP contribution in [0, 0.1) is 5.92 Å². The molecule has 1 aromatic rings. The summed E-state index contributed by atoms with van der Waals surface area (Å²) >= 11 is 0. The van der Waals surface area contributed by atoms with Gasteiger partial charge in [-0.15, -0.1) is 0 Å². The quantitative estimate of drug-likeness (QED) is 0.906. The van der Waals surface area contributed by atoms with E-state index in [0.29, 0.717) is 18.2 Å². The maximum atomic E-state index is 12.2. The number of carbonyl (C=O) groups excluding carboxylic acids is 1. The van der Waals surface area contributed by atoms with Gasteiger partial charge in [0.25, 0.3) is 0 Å². The average Bonchev–Trinajstić information content (AvgIpc) is 3.04. The first-order valence-electron chi connectivity index (χ1n) is 9.32. The zero-order chi connectivity index (χ0) is 16.1. The van der Waals surface area contributed by atoms with Crippen molar-refractivity contribution in [3.8, 4) is 0 Å². The molecule has 1 aromatic heterocycles. The third-order valence-electron chi connectivity index (χ3n) is 5.45. The fourth-order valence-corrected chi connectivity index (χ4v) is 4.03. The van der Waals surface area contributed by atoms with Crippen molar-refractivity contribution in [2.24, 2.45) is 5.92 Å². The highest BCUT2D eigenvalue weighted by molar-refractivity contribution is 5.89. The molecule has 1 aliphatic carbocycles. The average molecular weight is 318 g/mol. The van der Waals surface area contributed by atoms with Gasteiger partial charge in [-0.2, -0.15) is 5.10 Å². The summed E-state index contributed by atoms with van der Waals surface area (Å²) in [7, 11) is 0. The van der Waals surface area contributed by atoms with Gasteiger partial charge in [0.05, 0.1) is 0 Å². The standard InChI is InChI=1S/C18H30N4O/c1-2-22-13-10-17(20-22)19-18(23)14-15-8-11-21(12-9-15)16-6-4-3-5-7-16/h10,13,15-16H,2-9,11-12,14H2,1H3,(H,19,20,23). The molecule has 128 valence electrons. The van der Waals surface area contributed by atoms with E-state index in [2.05, 4.69) is 15.3 Å². The van der Waals surface area contributed by atoms with E-state index in [9.17, 15) is 4.79 Å². The summed E-state index contributed by atoms with van der Waals surface area (Å²) in [5.41, 5.74) is 0. The van der Waals surface area contributed by atoms with Crippen molar-refractivity contribution < 1.29 is 4.79 Å². The van der Waals surface area contributed by atoms with E-state index < -0.39 is 0 Å². The molecule has 23 heavy (non-hydrogen) atoms. The van der Waals surface area contributed by atoms with Crippen LogP contribution >= 0.6 is 0 Å². The number of anilines is 1. The summed E-state index contributed by atoms with van der Waals surface area (Å²) in [6.45, 7) is 5.22. The van der Waals surface area contributed by atoms with E-state index in [1.165, 1.54) is 45.2 Å². The topological polar surface area (TPSA) is 50.2 Å². The minimum atomic E-state index is 0.113. The monoisotopic (exact) mass is 318 g/mol. The minimum absolute atomic E-state index is 0.113. The molecule has 0 bridgehead atoms. The summed E-state index contributed by atoms with van der Waals surface area (Å²) in [5, 5.41) is 7.25. The Labute approximate surface area is 139 Å². The van der Waals surface area contributed by atoms with Crippen LogP contribution in [0.1, 0.15) is 58.3 Å². The number of aromatic nitrogens is 2. The Morgan fingerprint density at radius 2 is 1.96 bits per heavy atom. The van der Waals surface area contributed by atoms with Gasteiger partial charge in [0, 0.05) is 31.3 Å². The van der Waals surface area contributed by atoms with Crippen molar-refractivity contribution in [2.45, 2.75) is 70.9 Å². The second kappa shape index (κ2) is 7.95. The van der Waals surface area contributed by atoms with Crippen molar-refractivity contribution in [2.75, 3.05) is 18.4 Å². The summed E-state index contributed by atoms with van der Waals surface area (Å²) < 4.78 is 1.83. The SMILES string of the molecule is CCn1ccc(NC(=O)CC2CCN(C3CCCCC3)CC2)n1. The zero-order valence-corrected chi connectivity index (χ0v) is 14.3. The fraction of sp³-hybridized carbons (Fsp3) is 0.778. The van der Waals surface area contributed by atoms with Crippen LogP contribution in [0.15, 0.2) is 12.3 Å². The molecule has 0 radical (unpaired) electrons. The smallest absolute Gasteiger partial charge is 0.225 e. The highest BCUT2D eigenvalue weighted by atomic mass is 16.1. The van der Waals surface area contributed by atoms with Gasteiger partial charge >= 0.3 is 0 Å². The van der Waals surface area contributed by atoms with E-state index in [-0.39, 0.29) is 5.91 Å². The maximum Gasteiger partial charge on any atom is 0.225 e. The molecule has 0 aromatic carbocycles. The Morgan fingerprint density at radius 1 is 1.22 bits per heavy atom. The molecular formula is C18H30N4O. The van der Waals surface area contributed by atoms with Crippen molar-refractivity contribution >= 4 is 11.7 Å². The highest BCUT2D eigenvalue weighted by Gasteiger charge is 2.27. The molecule has 1 saturated carbocycles. The van der Waals surface area contributed by atoms with E-state index >= 15 is 0 Å². The Morgan fingerprint density at radius 3 is 2.61 bits per heavy atom. The first-order valence-corrected chi connectivity index (χ1v) is 9.32. The van der Waals surface area contributed by atoms with Gasteiger partial charge in [-0.25, -0.2) is 0 Å². The Bertz CT molecular complexity index is 499. The van der Waals surface area contributed by atoms with Crippen LogP contribution in [0.3, 0.4) is 0 Å². The molecule has 0 unspecified atom stereocenters. The molecule has 2 aliphatic rings. The Kier molecular flexibility index (Phi) is 5.70. The molecule has 2 fully saturated rings. The first kappa shape index (κ1) is 16.5. The number of rotatable bonds is 5. The lowest BCUT2D eigenvalue weighted by Crippen LogP contribution is -2.42. The Balaban J connectivity index is 1.40. The van der Waals surface area contributed by atoms with Gasteiger partial charge in [0.15, 0.2) is 5.82 Å². The molecule has 5 heteroatoms. The fourth-order valence-electron chi connectivity index (χ4n) is 4.03. The number of piperidine rings is 1. The lowest BCUT2D eigenvalue weighted by atomic mass is 9.89. The zero-order valence-electron chi connectivity index (χ0n) is 14.3. The van der Waals surface area contributed by atoms with Gasteiger partial charge < -0.3 is 10.2 Å². The first-order chi connectivity index (χ1) is 11.2. The summed E-state index contributed by atoms with van der Waals surface area (Å²) in [4.78, 5) is 14.9. The maximum absolute atomic E-state index is 12.2. The molecule has 5 nitrogen and oxygen atoms in total. The minimum Gasteiger partial charge on any atom is -0.309 e. The molecule has 0 atom stereocenters. The number of likely N-dealkylation sites (tertiary alicyclic amines) is 1. The number of carbonyl (C=O) groups is 1. The third-order valence-corrected chi connectivity index (χ3v) is 5.45. The molecule has 1 amide bonds. The van der Waals surface area contributed by atoms with Crippen LogP contribution < -0.4 is 5.32 Å². The van der Waals surface area contributed by atoms with E-state index in [1.54, 1.807) is 0 Å². The second-order valence-electron chi connectivity index (χ2n) is 7.08. The lowest BCUT2D eigenvalue weighted by Gasteiger charge is -2.39. The summed E-state index contributed by atoms with van der Waals surface area (Å²) in [5.74, 6) is 1.32. The lowest BCUT2D eigenvalue weighted by molar-refractivity contribution is -0.117. The number of hydrogen-bond donors (Lipinski definition) is 1. The number of amides is 1. The molecular weight excluding hydrogens is 288 g/mol. The van der Waals surface area contributed by atoms with Crippen LogP contribution in [0.2, 0.25) is 0 Å². The third kappa shape index (κ3) is 4.56. The van der Waals surface area contributed by atoms with Crippen LogP contribution in [0.5, 0.6) is 0 Å². The highest BCUT2D eigenvalue weighted by Crippen LogP contribution is 2.28. The number of aryl methyl sites for hydroxylation is 1. The Hall–Kier alpha value is -1.36. The normalized spacial score (nSPS) is 21.4. The van der Waals surface area contributed by atoms with Crippen molar-refractivity contribution in [3.05, 3.63) is 12.3 Å². The number of nitrogens with zero attached hydrogens (tertiary/aromatic N) is 3. The molecule has 1 N–H and O–H groups in total. The summed E-state index contributed by atoms with van der Waals surface area (Å²) in [6.07, 6.45) is 11.8. The van der Waals surface area contributed by atoms with E-state index in [1.807, 2.05) is 23.9 Å². The molecule has 1 saturated heterocycles. The van der Waals surface area contributed by atoms with Crippen LogP contribution in [0.4, 0.5) is 5.82 Å². The second-order valence-corrected chi connectivity index (χ2v) is 7.08. The predicted molar refractivity (Wildman–Crippen MR) is 92.3 cm³/mol. The van der Waals surface area contributed by atoms with Crippen LogP contribution in [-0.2, 0) is 11.3 Å². The van der Waals surface area contributed by atoms with E-state index in [4.69, 9.17) is 0 Å². The number of hydrogen-bond acceptors (Lipinski definition) is 3. The van der Waals surface area contributed by atoms with E-state index in [0.717, 1.165) is 25.4 Å². The van der Waals surface area contributed by atoms with Gasteiger partial charge in [0.1, 0.15) is 0 Å². The molecule has 1 aliphatic heterocycles. The van der Waals surface area contributed by atoms with Crippen LogP contribution in [0.25, 0.3) is 0 Å². The van der Waals surface area contributed by atoms with Crippen molar-refractivity contribution in [1.82, 2.24) is 14.7 Å². The predicted octanol–water partition coefficient (Wildman–Crippen LogP) is 3.28. The van der Waals surface area contributed by atoms with Gasteiger partial charge in [0.2, 0.25) is 5.91 Å². The van der Waals surface area contributed by atoms with Gasteiger partial charge in [-0.1, -0.05) is 19.3 Å². The molecule has 0 spiro atoms. The van der Waals surface area contributed by atoms with Gasteiger partial charge in [-0.3, -0.25) is 9.48 Å².